The summed E-state index contributed by atoms with van der Waals surface area (Å²) < 4.78 is 10.5. The average molecular weight is 386 g/mol. The lowest BCUT2D eigenvalue weighted by Gasteiger charge is -2.23. The molecule has 148 valence electrons. The topological polar surface area (TPSA) is 105 Å². The second-order valence-corrected chi connectivity index (χ2v) is 6.33. The van der Waals surface area contributed by atoms with Crippen LogP contribution in [-0.2, 0) is 9.53 Å². The van der Waals surface area contributed by atoms with Crippen molar-refractivity contribution in [3.8, 4) is 0 Å². The molecule has 28 heavy (non-hydrogen) atoms. The van der Waals surface area contributed by atoms with E-state index in [1.807, 2.05) is 12.1 Å². The third-order valence-corrected chi connectivity index (χ3v) is 4.51. The van der Waals surface area contributed by atoms with Gasteiger partial charge in [0.1, 0.15) is 12.6 Å². The van der Waals surface area contributed by atoms with Crippen LogP contribution >= 0.6 is 0 Å². The standard InChI is InChI=1S/C19H22N4O5/c1-3-20-19(26)27-15-9-11-23(18(25)16-8-10-21-28-16)12-17(24)22(2)14-7-5-4-6-13(14)15/h4-8,10,15H,3,9,11-12H2,1-2H3,(H,20,26). The number of amides is 3. The van der Waals surface area contributed by atoms with Crippen LogP contribution in [0.5, 0.6) is 0 Å². The van der Waals surface area contributed by atoms with E-state index in [0.29, 0.717) is 24.2 Å². The summed E-state index contributed by atoms with van der Waals surface area (Å²) in [6.07, 6.45) is 0.522. The highest BCUT2D eigenvalue weighted by Gasteiger charge is 2.30. The van der Waals surface area contributed by atoms with Crippen molar-refractivity contribution in [3.63, 3.8) is 0 Å². The number of rotatable bonds is 3. The number of nitrogens with zero attached hydrogens (tertiary/aromatic N) is 3. The normalized spacial score (nSPS) is 17.2. The van der Waals surface area contributed by atoms with Crippen molar-refractivity contribution in [2.75, 3.05) is 31.6 Å². The molecule has 0 saturated heterocycles. The number of alkyl carbamates (subject to hydrolysis) is 1. The van der Waals surface area contributed by atoms with Gasteiger partial charge in [0.15, 0.2) is 0 Å². The molecule has 3 amide bonds. The molecule has 0 saturated carbocycles. The first-order valence-corrected chi connectivity index (χ1v) is 9.01. The summed E-state index contributed by atoms with van der Waals surface area (Å²) in [6.45, 7) is 2.31. The maximum Gasteiger partial charge on any atom is 0.407 e. The predicted octanol–water partition coefficient (Wildman–Crippen LogP) is 1.97. The van der Waals surface area contributed by atoms with Crippen LogP contribution in [0.4, 0.5) is 10.5 Å². The van der Waals surface area contributed by atoms with Crippen molar-refractivity contribution in [1.82, 2.24) is 15.4 Å². The zero-order valence-corrected chi connectivity index (χ0v) is 15.8. The van der Waals surface area contributed by atoms with E-state index in [-0.39, 0.29) is 24.8 Å². The molecule has 1 aliphatic heterocycles. The molecular formula is C19H22N4O5. The Labute approximate surface area is 162 Å². The van der Waals surface area contributed by atoms with Crippen LogP contribution in [0.15, 0.2) is 41.1 Å². The van der Waals surface area contributed by atoms with Crippen molar-refractivity contribution in [2.45, 2.75) is 19.4 Å². The Kier molecular flexibility index (Phi) is 5.93. The van der Waals surface area contributed by atoms with E-state index < -0.39 is 18.1 Å². The van der Waals surface area contributed by atoms with Gasteiger partial charge in [-0.2, -0.15) is 0 Å². The summed E-state index contributed by atoms with van der Waals surface area (Å²) in [5, 5.41) is 6.15. The van der Waals surface area contributed by atoms with Gasteiger partial charge in [-0.1, -0.05) is 23.4 Å². The quantitative estimate of drug-likeness (QED) is 0.865. The molecule has 9 heteroatoms. The van der Waals surface area contributed by atoms with Crippen molar-refractivity contribution < 1.29 is 23.6 Å². The number of aromatic nitrogens is 1. The van der Waals surface area contributed by atoms with Gasteiger partial charge in [0.25, 0.3) is 5.91 Å². The lowest BCUT2D eigenvalue weighted by molar-refractivity contribution is -0.119. The van der Waals surface area contributed by atoms with E-state index in [2.05, 4.69) is 10.5 Å². The average Bonchev–Trinajstić information content (AvgIpc) is 3.24. The Balaban J connectivity index is 1.93. The Hall–Kier alpha value is -3.36. The minimum Gasteiger partial charge on any atom is -0.441 e. The van der Waals surface area contributed by atoms with E-state index in [4.69, 9.17) is 9.26 Å². The van der Waals surface area contributed by atoms with Crippen LogP contribution in [0.1, 0.15) is 35.6 Å². The minimum atomic E-state index is -0.624. The molecule has 0 radical (unpaired) electrons. The molecule has 1 aromatic carbocycles. The SMILES string of the molecule is CCNC(=O)OC1CCN(C(=O)c2ccno2)CC(=O)N(C)c2ccccc21. The minimum absolute atomic E-state index is 0.0495. The molecule has 1 aliphatic rings. The molecule has 2 aromatic rings. The third-order valence-electron chi connectivity index (χ3n) is 4.51. The highest BCUT2D eigenvalue weighted by molar-refractivity contribution is 5.99. The molecule has 0 spiro atoms. The zero-order chi connectivity index (χ0) is 20.1. The Morgan fingerprint density at radius 3 is 2.82 bits per heavy atom. The van der Waals surface area contributed by atoms with Gasteiger partial charge in [-0.15, -0.1) is 0 Å². The first kappa shape index (κ1) is 19.4. The van der Waals surface area contributed by atoms with E-state index in [9.17, 15) is 14.4 Å². The van der Waals surface area contributed by atoms with Crippen molar-refractivity contribution >= 4 is 23.6 Å². The highest BCUT2D eigenvalue weighted by atomic mass is 16.6. The number of ether oxygens (including phenoxy) is 1. The Morgan fingerprint density at radius 2 is 2.11 bits per heavy atom. The van der Waals surface area contributed by atoms with Gasteiger partial charge in [-0.05, 0) is 13.0 Å². The van der Waals surface area contributed by atoms with Crippen LogP contribution in [0.2, 0.25) is 0 Å². The molecule has 0 bridgehead atoms. The molecule has 0 fully saturated rings. The van der Waals surface area contributed by atoms with Gasteiger partial charge >= 0.3 is 6.09 Å². The fourth-order valence-electron chi connectivity index (χ4n) is 3.07. The van der Waals surface area contributed by atoms with Crippen LogP contribution in [0, 0.1) is 0 Å². The molecule has 1 N–H and O–H groups in total. The van der Waals surface area contributed by atoms with Crippen LogP contribution in [-0.4, -0.2) is 54.6 Å². The second kappa shape index (κ2) is 8.55. The molecular weight excluding hydrogens is 364 g/mol. The smallest absolute Gasteiger partial charge is 0.407 e. The van der Waals surface area contributed by atoms with Gasteiger partial charge in [-0.3, -0.25) is 9.59 Å². The molecule has 9 nitrogen and oxygen atoms in total. The molecule has 1 aromatic heterocycles. The fraction of sp³-hybridized carbons (Fsp3) is 0.368. The van der Waals surface area contributed by atoms with Crippen molar-refractivity contribution in [1.29, 1.82) is 0 Å². The third kappa shape index (κ3) is 4.13. The number of anilines is 1. The van der Waals surface area contributed by atoms with E-state index >= 15 is 0 Å². The van der Waals surface area contributed by atoms with E-state index in [1.54, 1.807) is 26.1 Å². The van der Waals surface area contributed by atoms with E-state index in [0.717, 1.165) is 0 Å². The summed E-state index contributed by atoms with van der Waals surface area (Å²) >= 11 is 0. The number of hydrogen-bond donors (Lipinski definition) is 1. The molecule has 2 heterocycles. The Bertz CT molecular complexity index is 852. The summed E-state index contributed by atoms with van der Waals surface area (Å²) in [6, 6.07) is 8.68. The highest BCUT2D eigenvalue weighted by Crippen LogP contribution is 2.32. The van der Waals surface area contributed by atoms with Gasteiger partial charge in [0.2, 0.25) is 11.7 Å². The predicted molar refractivity (Wildman–Crippen MR) is 99.8 cm³/mol. The number of nitrogens with one attached hydrogen (secondary N) is 1. The number of hydrogen-bond acceptors (Lipinski definition) is 6. The second-order valence-electron chi connectivity index (χ2n) is 6.33. The van der Waals surface area contributed by atoms with Crippen molar-refractivity contribution in [3.05, 3.63) is 47.9 Å². The summed E-state index contributed by atoms with van der Waals surface area (Å²) in [5.41, 5.74) is 1.34. The van der Waals surface area contributed by atoms with Crippen molar-refractivity contribution in [2.24, 2.45) is 0 Å². The number of likely N-dealkylation sites (N-methyl/N-ethyl adjacent to an activating group) is 1. The fourth-order valence-corrected chi connectivity index (χ4v) is 3.07. The van der Waals surface area contributed by atoms with Gasteiger partial charge in [-0.25, -0.2) is 4.79 Å². The maximum absolute atomic E-state index is 12.8. The first-order chi connectivity index (χ1) is 13.5. The van der Waals surface area contributed by atoms with E-state index in [1.165, 1.54) is 22.1 Å². The van der Waals surface area contributed by atoms with Crippen LogP contribution in [0.3, 0.4) is 0 Å². The van der Waals surface area contributed by atoms with Gasteiger partial charge in [0, 0.05) is 38.2 Å². The number of fused-ring (bicyclic) bond motifs is 1. The number of carbonyl (C=O) groups is 3. The summed E-state index contributed by atoms with van der Waals surface area (Å²) in [7, 11) is 1.63. The lowest BCUT2D eigenvalue weighted by atomic mass is 10.0. The summed E-state index contributed by atoms with van der Waals surface area (Å²) in [5.74, 6) is -0.658. The van der Waals surface area contributed by atoms with Gasteiger partial charge < -0.3 is 24.4 Å². The van der Waals surface area contributed by atoms with Crippen LogP contribution < -0.4 is 10.2 Å². The number of para-hydroxylation sites is 1. The Morgan fingerprint density at radius 1 is 1.32 bits per heavy atom. The maximum atomic E-state index is 12.8. The van der Waals surface area contributed by atoms with Gasteiger partial charge in [0.05, 0.1) is 11.9 Å². The summed E-state index contributed by atoms with van der Waals surface area (Å²) in [4.78, 5) is 40.3. The first-order valence-electron chi connectivity index (χ1n) is 9.01. The monoisotopic (exact) mass is 386 g/mol. The zero-order valence-electron chi connectivity index (χ0n) is 15.8. The number of benzene rings is 1. The molecule has 3 rings (SSSR count). The molecule has 0 aliphatic carbocycles. The molecule has 1 atom stereocenters. The number of carbonyl (C=O) groups excluding carboxylic acids is 3. The largest absolute Gasteiger partial charge is 0.441 e. The van der Waals surface area contributed by atoms with Crippen LogP contribution in [0.25, 0.3) is 0 Å². The lowest BCUT2D eigenvalue weighted by Crippen LogP contribution is -2.41. The molecule has 1 unspecified atom stereocenters.